The van der Waals surface area contributed by atoms with Crippen LogP contribution < -0.4 is 5.32 Å². The van der Waals surface area contributed by atoms with Crippen molar-refractivity contribution in [2.24, 2.45) is 0 Å². The molecule has 0 aromatic heterocycles. The Morgan fingerprint density at radius 1 is 1.53 bits per heavy atom. The molecule has 1 N–H and O–H groups in total. The number of rotatable bonds is 3. The number of benzene rings is 1. The summed E-state index contributed by atoms with van der Waals surface area (Å²) >= 11 is 0. The number of ether oxygens (including phenoxy) is 1. The lowest BCUT2D eigenvalue weighted by molar-refractivity contribution is -0.143. The lowest BCUT2D eigenvalue weighted by Crippen LogP contribution is -2.26. The first-order valence-corrected chi connectivity index (χ1v) is 4.19. The van der Waals surface area contributed by atoms with E-state index in [1.54, 1.807) is 19.2 Å². The number of methoxy groups -OCH3 is 1. The van der Waals surface area contributed by atoms with Crippen LogP contribution in [-0.4, -0.2) is 20.1 Å². The first-order valence-electron chi connectivity index (χ1n) is 4.19. The topological polar surface area (TPSA) is 38.3 Å². The van der Waals surface area contributed by atoms with Gasteiger partial charge in [-0.2, -0.15) is 0 Å². The fraction of sp³-hybridized carbons (Fsp3) is 0.300. The molecule has 0 radical (unpaired) electrons. The Hall–Kier alpha value is -1.13. The summed E-state index contributed by atoms with van der Waals surface area (Å²) in [4.78, 5) is 11.2. The SMILES string of the molecule is CNC(C(=O)OC)c1cccc(F)c1.Cl. The molecule has 5 heteroatoms. The van der Waals surface area contributed by atoms with Gasteiger partial charge in [-0.25, -0.2) is 9.18 Å². The highest BCUT2D eigenvalue weighted by atomic mass is 35.5. The predicted molar refractivity (Wildman–Crippen MR) is 57.5 cm³/mol. The maximum absolute atomic E-state index is 12.9. The van der Waals surface area contributed by atoms with Crippen molar-refractivity contribution < 1.29 is 13.9 Å². The monoisotopic (exact) mass is 233 g/mol. The second-order valence-electron chi connectivity index (χ2n) is 2.80. The number of carbonyl (C=O) groups excluding carboxylic acids is 1. The van der Waals surface area contributed by atoms with Crippen LogP contribution in [0.5, 0.6) is 0 Å². The molecule has 0 heterocycles. The van der Waals surface area contributed by atoms with Crippen LogP contribution >= 0.6 is 12.4 Å². The third-order valence-electron chi connectivity index (χ3n) is 1.91. The lowest BCUT2D eigenvalue weighted by atomic mass is 10.1. The molecule has 0 aliphatic heterocycles. The van der Waals surface area contributed by atoms with Gasteiger partial charge in [-0.15, -0.1) is 12.4 Å². The normalized spacial score (nSPS) is 11.4. The second-order valence-corrected chi connectivity index (χ2v) is 2.80. The zero-order valence-corrected chi connectivity index (χ0v) is 9.31. The summed E-state index contributed by atoms with van der Waals surface area (Å²) in [6, 6.07) is 5.24. The summed E-state index contributed by atoms with van der Waals surface area (Å²) in [5.41, 5.74) is 0.555. The Morgan fingerprint density at radius 3 is 2.67 bits per heavy atom. The number of likely N-dealkylation sites (N-methyl/N-ethyl adjacent to an activating group) is 1. The molecule has 0 fully saturated rings. The molecule has 1 rings (SSSR count). The third-order valence-corrected chi connectivity index (χ3v) is 1.91. The standard InChI is InChI=1S/C10H12FNO2.ClH/c1-12-9(10(13)14-2)7-4-3-5-8(11)6-7;/h3-6,9,12H,1-2H3;1H. The maximum Gasteiger partial charge on any atom is 0.327 e. The summed E-state index contributed by atoms with van der Waals surface area (Å²) < 4.78 is 17.4. The van der Waals surface area contributed by atoms with Crippen molar-refractivity contribution in [2.75, 3.05) is 14.2 Å². The Bertz CT molecular complexity index is 333. The molecule has 0 saturated heterocycles. The Morgan fingerprint density at radius 2 is 2.20 bits per heavy atom. The number of nitrogens with one attached hydrogen (secondary N) is 1. The number of esters is 1. The summed E-state index contributed by atoms with van der Waals surface area (Å²) in [7, 11) is 2.92. The van der Waals surface area contributed by atoms with Crippen molar-refractivity contribution in [1.82, 2.24) is 5.32 Å². The van der Waals surface area contributed by atoms with Gasteiger partial charge < -0.3 is 10.1 Å². The molecule has 0 amide bonds. The molecule has 0 aliphatic rings. The van der Waals surface area contributed by atoms with Crippen LogP contribution in [0, 0.1) is 5.82 Å². The van der Waals surface area contributed by atoms with E-state index in [1.807, 2.05) is 0 Å². The van der Waals surface area contributed by atoms with E-state index in [0.717, 1.165) is 0 Å². The molecule has 0 aliphatic carbocycles. The highest BCUT2D eigenvalue weighted by Gasteiger charge is 2.19. The minimum Gasteiger partial charge on any atom is -0.468 e. The van der Waals surface area contributed by atoms with E-state index in [0.29, 0.717) is 5.56 Å². The zero-order valence-electron chi connectivity index (χ0n) is 8.49. The van der Waals surface area contributed by atoms with Gasteiger partial charge in [-0.05, 0) is 24.7 Å². The van der Waals surface area contributed by atoms with Crippen LogP contribution in [0.2, 0.25) is 0 Å². The lowest BCUT2D eigenvalue weighted by Gasteiger charge is -2.13. The average molecular weight is 234 g/mol. The fourth-order valence-electron chi connectivity index (χ4n) is 1.22. The first kappa shape index (κ1) is 13.9. The van der Waals surface area contributed by atoms with Gasteiger partial charge in [-0.1, -0.05) is 12.1 Å². The van der Waals surface area contributed by atoms with Crippen molar-refractivity contribution in [3.8, 4) is 0 Å². The third kappa shape index (κ3) is 3.49. The van der Waals surface area contributed by atoms with Crippen molar-refractivity contribution in [3.63, 3.8) is 0 Å². The number of hydrogen-bond donors (Lipinski definition) is 1. The summed E-state index contributed by atoms with van der Waals surface area (Å²) in [6.45, 7) is 0. The van der Waals surface area contributed by atoms with Gasteiger partial charge in [0.15, 0.2) is 0 Å². The molecule has 15 heavy (non-hydrogen) atoms. The van der Waals surface area contributed by atoms with Gasteiger partial charge in [0.05, 0.1) is 7.11 Å². The van der Waals surface area contributed by atoms with Gasteiger partial charge in [-0.3, -0.25) is 0 Å². The van der Waals surface area contributed by atoms with Gasteiger partial charge >= 0.3 is 5.97 Å². The van der Waals surface area contributed by atoms with E-state index in [1.165, 1.54) is 19.2 Å². The Kier molecular flexibility index (Phi) is 5.89. The van der Waals surface area contributed by atoms with Gasteiger partial charge in [0, 0.05) is 0 Å². The van der Waals surface area contributed by atoms with Crippen LogP contribution in [0.25, 0.3) is 0 Å². The van der Waals surface area contributed by atoms with Crippen molar-refractivity contribution in [3.05, 3.63) is 35.6 Å². The number of halogens is 2. The zero-order chi connectivity index (χ0) is 10.6. The van der Waals surface area contributed by atoms with Crippen LogP contribution in [0.3, 0.4) is 0 Å². The second kappa shape index (κ2) is 6.37. The van der Waals surface area contributed by atoms with Crippen molar-refractivity contribution >= 4 is 18.4 Å². The van der Waals surface area contributed by atoms with Gasteiger partial charge in [0.25, 0.3) is 0 Å². The minimum atomic E-state index is -0.615. The van der Waals surface area contributed by atoms with E-state index in [-0.39, 0.29) is 18.2 Å². The molecular weight excluding hydrogens is 221 g/mol. The molecule has 1 atom stereocenters. The Balaban J connectivity index is 0.00000196. The molecular formula is C10H13ClFNO2. The van der Waals surface area contributed by atoms with E-state index < -0.39 is 12.0 Å². The summed E-state index contributed by atoms with van der Waals surface area (Å²) in [6.07, 6.45) is 0. The molecule has 0 spiro atoms. The molecule has 1 unspecified atom stereocenters. The fourth-order valence-corrected chi connectivity index (χ4v) is 1.22. The van der Waals surface area contributed by atoms with E-state index in [4.69, 9.17) is 0 Å². The van der Waals surface area contributed by atoms with Crippen molar-refractivity contribution in [2.45, 2.75) is 6.04 Å². The summed E-state index contributed by atoms with van der Waals surface area (Å²) in [5, 5.41) is 2.76. The quantitative estimate of drug-likeness (QED) is 0.808. The first-order chi connectivity index (χ1) is 6.69. The van der Waals surface area contributed by atoms with Crippen LogP contribution in [-0.2, 0) is 9.53 Å². The van der Waals surface area contributed by atoms with Crippen LogP contribution in [0.15, 0.2) is 24.3 Å². The number of hydrogen-bond acceptors (Lipinski definition) is 3. The molecule has 3 nitrogen and oxygen atoms in total. The van der Waals surface area contributed by atoms with Gasteiger partial charge in [0.2, 0.25) is 0 Å². The Labute approximate surface area is 94.0 Å². The molecule has 1 aromatic rings. The van der Waals surface area contributed by atoms with Crippen LogP contribution in [0.1, 0.15) is 11.6 Å². The number of carbonyl (C=O) groups is 1. The van der Waals surface area contributed by atoms with E-state index >= 15 is 0 Å². The van der Waals surface area contributed by atoms with Crippen LogP contribution in [0.4, 0.5) is 4.39 Å². The molecule has 0 bridgehead atoms. The molecule has 0 saturated carbocycles. The maximum atomic E-state index is 12.9. The molecule has 1 aromatic carbocycles. The average Bonchev–Trinajstić information content (AvgIpc) is 2.19. The smallest absolute Gasteiger partial charge is 0.327 e. The highest BCUT2D eigenvalue weighted by molar-refractivity contribution is 5.85. The predicted octanol–water partition coefficient (Wildman–Crippen LogP) is 1.68. The van der Waals surface area contributed by atoms with E-state index in [2.05, 4.69) is 10.1 Å². The van der Waals surface area contributed by atoms with E-state index in [9.17, 15) is 9.18 Å². The molecule has 84 valence electrons. The van der Waals surface area contributed by atoms with Gasteiger partial charge in [0.1, 0.15) is 11.9 Å². The highest BCUT2D eigenvalue weighted by Crippen LogP contribution is 2.14. The largest absolute Gasteiger partial charge is 0.468 e. The summed E-state index contributed by atoms with van der Waals surface area (Å²) in [5.74, 6) is -0.801. The minimum absolute atomic E-state index is 0. The van der Waals surface area contributed by atoms with Crippen molar-refractivity contribution in [1.29, 1.82) is 0 Å².